The Bertz CT molecular complexity index is 949. The summed E-state index contributed by atoms with van der Waals surface area (Å²) < 4.78 is 2.02. The van der Waals surface area contributed by atoms with E-state index in [1.165, 1.54) is 12.1 Å². The summed E-state index contributed by atoms with van der Waals surface area (Å²) in [5, 5.41) is 15.4. The number of rotatable bonds is 4. The highest BCUT2D eigenvalue weighted by Crippen LogP contribution is 2.27. The lowest BCUT2D eigenvalue weighted by molar-refractivity contribution is -0.384. The first-order valence-electron chi connectivity index (χ1n) is 8.95. The summed E-state index contributed by atoms with van der Waals surface area (Å²) in [7, 11) is 0. The number of anilines is 1. The summed E-state index contributed by atoms with van der Waals surface area (Å²) in [5.74, 6) is 1.38. The molecule has 3 heterocycles. The molecule has 0 saturated carbocycles. The Labute approximate surface area is 156 Å². The topological polar surface area (TPSA) is 90.0 Å². The minimum atomic E-state index is -0.403. The number of piperidine rings is 1. The molecular formula is C19H20N6O2. The molecule has 0 atom stereocenters. The number of nitro groups is 1. The molecule has 1 saturated heterocycles. The highest BCUT2D eigenvalue weighted by atomic mass is 16.6. The van der Waals surface area contributed by atoms with Gasteiger partial charge in [-0.25, -0.2) is 9.97 Å². The molecule has 0 aliphatic carbocycles. The van der Waals surface area contributed by atoms with E-state index >= 15 is 0 Å². The molecule has 8 nitrogen and oxygen atoms in total. The first kappa shape index (κ1) is 17.1. The van der Waals surface area contributed by atoms with Gasteiger partial charge in [-0.1, -0.05) is 12.1 Å². The van der Waals surface area contributed by atoms with Crippen LogP contribution in [0.3, 0.4) is 0 Å². The largest absolute Gasteiger partial charge is 0.356 e. The van der Waals surface area contributed by atoms with E-state index in [4.69, 9.17) is 0 Å². The highest BCUT2D eigenvalue weighted by Gasteiger charge is 2.22. The van der Waals surface area contributed by atoms with Crippen LogP contribution in [0, 0.1) is 17.0 Å². The van der Waals surface area contributed by atoms with Crippen LogP contribution in [0.25, 0.3) is 11.4 Å². The van der Waals surface area contributed by atoms with Gasteiger partial charge in [0, 0.05) is 54.9 Å². The quantitative estimate of drug-likeness (QED) is 0.521. The Kier molecular flexibility index (Phi) is 4.53. The highest BCUT2D eigenvalue weighted by molar-refractivity contribution is 5.61. The van der Waals surface area contributed by atoms with Crippen LogP contribution in [0.5, 0.6) is 0 Å². The number of nitrogens with zero attached hydrogens (tertiary/aromatic N) is 6. The fourth-order valence-electron chi connectivity index (χ4n) is 3.46. The molecule has 8 heteroatoms. The fourth-order valence-corrected chi connectivity index (χ4v) is 3.46. The second-order valence-electron chi connectivity index (χ2n) is 6.70. The Balaban J connectivity index is 1.56. The molecule has 27 heavy (non-hydrogen) atoms. The molecule has 0 spiro atoms. The van der Waals surface area contributed by atoms with Crippen LogP contribution < -0.4 is 4.90 Å². The molecule has 1 aromatic carbocycles. The first-order valence-corrected chi connectivity index (χ1v) is 8.95. The van der Waals surface area contributed by atoms with Crippen molar-refractivity contribution in [3.8, 4) is 11.4 Å². The van der Waals surface area contributed by atoms with E-state index in [1.54, 1.807) is 12.1 Å². The van der Waals surface area contributed by atoms with Crippen molar-refractivity contribution in [2.45, 2.75) is 25.8 Å². The van der Waals surface area contributed by atoms with Crippen LogP contribution in [-0.4, -0.2) is 37.8 Å². The third-order valence-corrected chi connectivity index (χ3v) is 4.84. The van der Waals surface area contributed by atoms with Crippen molar-refractivity contribution in [3.63, 3.8) is 0 Å². The third kappa shape index (κ3) is 3.64. The maximum atomic E-state index is 11.0. The van der Waals surface area contributed by atoms with Crippen molar-refractivity contribution in [2.24, 2.45) is 0 Å². The molecule has 2 aromatic heterocycles. The maximum absolute atomic E-state index is 11.0. The van der Waals surface area contributed by atoms with Gasteiger partial charge in [-0.2, -0.15) is 5.10 Å². The van der Waals surface area contributed by atoms with Crippen molar-refractivity contribution in [1.29, 1.82) is 0 Å². The summed E-state index contributed by atoms with van der Waals surface area (Å²) >= 11 is 0. The lowest BCUT2D eigenvalue weighted by Crippen LogP contribution is -2.35. The molecule has 1 aliphatic heterocycles. The van der Waals surface area contributed by atoms with Gasteiger partial charge in [0.05, 0.1) is 11.0 Å². The number of benzene rings is 1. The summed E-state index contributed by atoms with van der Waals surface area (Å²) in [6, 6.07) is 10.8. The number of aryl methyl sites for hydroxylation is 1. The second kappa shape index (κ2) is 7.14. The average molecular weight is 364 g/mol. The molecule has 0 radical (unpaired) electrons. The lowest BCUT2D eigenvalue weighted by Gasteiger charge is -2.33. The standard InChI is InChI=1S/C19H20N6O2/c1-14-12-18(23-10-6-16(7-11-23)24-9-3-8-20-24)22-19(21-14)15-4-2-5-17(13-15)25(26)27/h2-5,8-9,12-13,16H,6-7,10-11H2,1H3. The zero-order chi connectivity index (χ0) is 18.8. The van der Waals surface area contributed by atoms with Crippen molar-refractivity contribution in [1.82, 2.24) is 19.7 Å². The Morgan fingerprint density at radius 2 is 1.96 bits per heavy atom. The molecular weight excluding hydrogens is 344 g/mol. The van der Waals surface area contributed by atoms with E-state index in [9.17, 15) is 10.1 Å². The number of nitro benzene ring substituents is 1. The van der Waals surface area contributed by atoms with Gasteiger partial charge in [0.2, 0.25) is 0 Å². The van der Waals surface area contributed by atoms with Crippen molar-refractivity contribution < 1.29 is 4.92 Å². The Morgan fingerprint density at radius 3 is 2.67 bits per heavy atom. The number of hydrogen-bond acceptors (Lipinski definition) is 6. The van der Waals surface area contributed by atoms with Crippen LogP contribution in [-0.2, 0) is 0 Å². The normalized spacial score (nSPS) is 15.1. The van der Waals surface area contributed by atoms with Crippen molar-refractivity contribution in [2.75, 3.05) is 18.0 Å². The molecule has 4 rings (SSSR count). The van der Waals surface area contributed by atoms with E-state index < -0.39 is 4.92 Å². The van der Waals surface area contributed by atoms with E-state index in [2.05, 4.69) is 20.0 Å². The van der Waals surface area contributed by atoms with Gasteiger partial charge in [-0.3, -0.25) is 14.8 Å². The van der Waals surface area contributed by atoms with Crippen LogP contribution >= 0.6 is 0 Å². The molecule has 1 fully saturated rings. The van der Waals surface area contributed by atoms with Crippen LogP contribution in [0.4, 0.5) is 11.5 Å². The summed E-state index contributed by atoms with van der Waals surface area (Å²) in [6.07, 6.45) is 5.81. The van der Waals surface area contributed by atoms with Gasteiger partial charge in [-0.15, -0.1) is 0 Å². The van der Waals surface area contributed by atoms with Gasteiger partial charge >= 0.3 is 0 Å². The number of aromatic nitrogens is 4. The molecule has 138 valence electrons. The Morgan fingerprint density at radius 1 is 1.15 bits per heavy atom. The maximum Gasteiger partial charge on any atom is 0.270 e. The van der Waals surface area contributed by atoms with Crippen LogP contribution in [0.15, 0.2) is 48.8 Å². The predicted octanol–water partition coefficient (Wildman–Crippen LogP) is 3.40. The molecule has 0 bridgehead atoms. The lowest BCUT2D eigenvalue weighted by atomic mass is 10.1. The van der Waals surface area contributed by atoms with Gasteiger partial charge in [0.1, 0.15) is 5.82 Å². The summed E-state index contributed by atoms with van der Waals surface area (Å²) in [5.41, 5.74) is 1.54. The van der Waals surface area contributed by atoms with E-state index in [0.29, 0.717) is 17.4 Å². The molecule has 1 aliphatic rings. The molecule has 3 aromatic rings. The van der Waals surface area contributed by atoms with E-state index in [-0.39, 0.29) is 5.69 Å². The second-order valence-corrected chi connectivity index (χ2v) is 6.70. The number of hydrogen-bond donors (Lipinski definition) is 0. The molecule has 0 amide bonds. The van der Waals surface area contributed by atoms with Crippen LogP contribution in [0.2, 0.25) is 0 Å². The minimum absolute atomic E-state index is 0.0409. The minimum Gasteiger partial charge on any atom is -0.356 e. The average Bonchev–Trinajstić information content (AvgIpc) is 3.22. The number of non-ortho nitro benzene ring substituents is 1. The van der Waals surface area contributed by atoms with Gasteiger partial charge in [0.25, 0.3) is 5.69 Å². The van der Waals surface area contributed by atoms with Gasteiger partial charge in [-0.05, 0) is 25.8 Å². The SMILES string of the molecule is Cc1cc(N2CCC(n3cccn3)CC2)nc(-c2cccc([N+](=O)[O-])c2)n1. The Hall–Kier alpha value is -3.29. The zero-order valence-electron chi connectivity index (χ0n) is 15.0. The van der Waals surface area contributed by atoms with E-state index in [0.717, 1.165) is 37.4 Å². The van der Waals surface area contributed by atoms with E-state index in [1.807, 2.05) is 36.1 Å². The molecule has 0 N–H and O–H groups in total. The predicted molar refractivity (Wildman–Crippen MR) is 102 cm³/mol. The van der Waals surface area contributed by atoms with Crippen LogP contribution in [0.1, 0.15) is 24.6 Å². The first-order chi connectivity index (χ1) is 13.1. The molecule has 0 unspecified atom stereocenters. The zero-order valence-corrected chi connectivity index (χ0v) is 15.0. The monoisotopic (exact) mass is 364 g/mol. The van der Waals surface area contributed by atoms with Gasteiger partial charge < -0.3 is 4.90 Å². The summed E-state index contributed by atoms with van der Waals surface area (Å²) in [4.78, 5) is 22.1. The fraction of sp³-hybridized carbons (Fsp3) is 0.316. The third-order valence-electron chi connectivity index (χ3n) is 4.84. The van der Waals surface area contributed by atoms with Crippen molar-refractivity contribution >= 4 is 11.5 Å². The van der Waals surface area contributed by atoms with Crippen molar-refractivity contribution in [3.05, 3.63) is 64.6 Å². The van der Waals surface area contributed by atoms with Gasteiger partial charge in [0.15, 0.2) is 5.82 Å². The summed E-state index contributed by atoms with van der Waals surface area (Å²) in [6.45, 7) is 3.69. The smallest absolute Gasteiger partial charge is 0.270 e.